The van der Waals surface area contributed by atoms with Gasteiger partial charge in [-0.25, -0.2) is 0 Å². The Kier molecular flexibility index (Phi) is 6.21. The van der Waals surface area contributed by atoms with E-state index in [1.54, 1.807) is 25.9 Å². The van der Waals surface area contributed by atoms with Crippen LogP contribution in [0, 0.1) is 0 Å². The van der Waals surface area contributed by atoms with Crippen molar-refractivity contribution in [2.75, 3.05) is 20.2 Å². The molecule has 1 aliphatic heterocycles. The Morgan fingerprint density at radius 1 is 1.38 bits per heavy atom. The number of hydrogen-bond acceptors (Lipinski definition) is 5. The molecule has 1 saturated heterocycles. The largest absolute Gasteiger partial charge is 0.497 e. The molecule has 0 aliphatic carbocycles. The molecule has 0 radical (unpaired) electrons. The molecule has 0 aromatic heterocycles. The smallest absolute Gasteiger partial charge is 0.242 e. The van der Waals surface area contributed by atoms with E-state index in [1.165, 1.54) is 0 Å². The maximum atomic E-state index is 12.4. The molecule has 0 spiro atoms. The van der Waals surface area contributed by atoms with Crippen molar-refractivity contribution in [1.29, 1.82) is 0 Å². The highest BCUT2D eigenvalue weighted by molar-refractivity contribution is 5.82. The van der Waals surface area contributed by atoms with Crippen LogP contribution in [0.2, 0.25) is 0 Å². The first-order chi connectivity index (χ1) is 11.3. The Balaban J connectivity index is 1.95. The Morgan fingerprint density at radius 2 is 2.04 bits per heavy atom. The van der Waals surface area contributed by atoms with Crippen LogP contribution in [0.5, 0.6) is 5.75 Å². The summed E-state index contributed by atoms with van der Waals surface area (Å²) in [4.78, 5) is 14.1. The molecular formula is C18H28N2O4. The van der Waals surface area contributed by atoms with Crippen molar-refractivity contribution < 1.29 is 19.4 Å². The average molecular weight is 336 g/mol. The highest BCUT2D eigenvalue weighted by Gasteiger charge is 2.39. The fourth-order valence-electron chi connectivity index (χ4n) is 2.83. The van der Waals surface area contributed by atoms with Gasteiger partial charge in [0, 0.05) is 13.1 Å². The lowest BCUT2D eigenvalue weighted by molar-refractivity contribution is -0.147. The molecule has 0 saturated carbocycles. The minimum absolute atomic E-state index is 0.210. The number of aliphatic hydroxyl groups is 1. The van der Waals surface area contributed by atoms with Gasteiger partial charge in [-0.05, 0) is 44.4 Å². The topological polar surface area (TPSA) is 85.0 Å². The number of likely N-dealkylation sites (tertiary alicyclic amines) is 1. The molecule has 1 fully saturated rings. The molecule has 1 heterocycles. The van der Waals surface area contributed by atoms with Crippen LogP contribution in [0.3, 0.4) is 0 Å². The van der Waals surface area contributed by atoms with Crippen LogP contribution in [0.25, 0.3) is 0 Å². The summed E-state index contributed by atoms with van der Waals surface area (Å²) in [7, 11) is 1.61. The Bertz CT molecular complexity index is 556. The SMILES string of the molecule is COc1cccc(COC(C)(C)C(O)[C@H](N)C(=O)N2CCCC2)c1. The van der Waals surface area contributed by atoms with Gasteiger partial charge in [-0.15, -0.1) is 0 Å². The van der Waals surface area contributed by atoms with Crippen molar-refractivity contribution in [1.82, 2.24) is 4.90 Å². The van der Waals surface area contributed by atoms with Gasteiger partial charge in [-0.1, -0.05) is 12.1 Å². The lowest BCUT2D eigenvalue weighted by Crippen LogP contribution is -2.57. The van der Waals surface area contributed by atoms with Crippen LogP contribution in [-0.2, 0) is 16.1 Å². The summed E-state index contributed by atoms with van der Waals surface area (Å²) in [6, 6.07) is 6.54. The molecule has 24 heavy (non-hydrogen) atoms. The number of rotatable bonds is 7. The van der Waals surface area contributed by atoms with Crippen LogP contribution in [-0.4, -0.2) is 53.9 Å². The second-order valence-corrected chi connectivity index (χ2v) is 6.75. The van der Waals surface area contributed by atoms with Gasteiger partial charge < -0.3 is 25.2 Å². The predicted octanol–water partition coefficient (Wildman–Crippen LogP) is 1.30. The molecule has 2 rings (SSSR count). The number of aliphatic hydroxyl groups excluding tert-OH is 1. The van der Waals surface area contributed by atoms with Crippen LogP contribution >= 0.6 is 0 Å². The second kappa shape index (κ2) is 7.96. The summed E-state index contributed by atoms with van der Waals surface area (Å²) >= 11 is 0. The first-order valence-electron chi connectivity index (χ1n) is 8.34. The van der Waals surface area contributed by atoms with E-state index in [1.807, 2.05) is 24.3 Å². The first kappa shape index (κ1) is 18.7. The molecule has 1 aliphatic rings. The Hall–Kier alpha value is -1.63. The molecule has 1 aromatic rings. The fraction of sp³-hybridized carbons (Fsp3) is 0.611. The van der Waals surface area contributed by atoms with Crippen molar-refractivity contribution in [3.63, 3.8) is 0 Å². The van der Waals surface area contributed by atoms with Crippen LogP contribution in [0.15, 0.2) is 24.3 Å². The third-order valence-electron chi connectivity index (χ3n) is 4.50. The average Bonchev–Trinajstić information content (AvgIpc) is 3.12. The minimum Gasteiger partial charge on any atom is -0.497 e. The van der Waals surface area contributed by atoms with Gasteiger partial charge in [0.05, 0.1) is 19.3 Å². The van der Waals surface area contributed by atoms with Gasteiger partial charge in [0.2, 0.25) is 5.91 Å². The summed E-state index contributed by atoms with van der Waals surface area (Å²) < 4.78 is 11.0. The van der Waals surface area contributed by atoms with E-state index in [9.17, 15) is 9.90 Å². The number of nitrogens with two attached hydrogens (primary N) is 1. The van der Waals surface area contributed by atoms with E-state index in [0.29, 0.717) is 19.7 Å². The number of hydrogen-bond donors (Lipinski definition) is 2. The first-order valence-corrected chi connectivity index (χ1v) is 8.34. The summed E-state index contributed by atoms with van der Waals surface area (Å²) in [5, 5.41) is 10.5. The number of amides is 1. The molecule has 0 bridgehead atoms. The molecule has 3 N–H and O–H groups in total. The number of benzene rings is 1. The number of ether oxygens (including phenoxy) is 2. The lowest BCUT2D eigenvalue weighted by atomic mass is 9.94. The van der Waals surface area contributed by atoms with Gasteiger partial charge >= 0.3 is 0 Å². The van der Waals surface area contributed by atoms with Crippen molar-refractivity contribution in [3.8, 4) is 5.75 Å². The molecule has 134 valence electrons. The highest BCUT2D eigenvalue weighted by Crippen LogP contribution is 2.22. The maximum absolute atomic E-state index is 12.4. The second-order valence-electron chi connectivity index (χ2n) is 6.75. The monoisotopic (exact) mass is 336 g/mol. The van der Waals surface area contributed by atoms with Crippen LogP contribution < -0.4 is 10.5 Å². The van der Waals surface area contributed by atoms with Crippen molar-refractivity contribution in [2.24, 2.45) is 5.73 Å². The number of carbonyl (C=O) groups is 1. The fourth-order valence-corrected chi connectivity index (χ4v) is 2.83. The van der Waals surface area contributed by atoms with Crippen molar-refractivity contribution in [2.45, 2.75) is 51.0 Å². The molecule has 1 aromatic carbocycles. The van der Waals surface area contributed by atoms with Crippen molar-refractivity contribution >= 4 is 5.91 Å². The molecule has 6 nitrogen and oxygen atoms in total. The normalized spacial score (nSPS) is 17.6. The highest BCUT2D eigenvalue weighted by atomic mass is 16.5. The summed E-state index contributed by atoms with van der Waals surface area (Å²) in [6.45, 7) is 5.21. The van der Waals surface area contributed by atoms with Gasteiger partial charge in [-0.2, -0.15) is 0 Å². The number of nitrogens with zero attached hydrogens (tertiary/aromatic N) is 1. The zero-order chi connectivity index (χ0) is 17.7. The van der Waals surface area contributed by atoms with Gasteiger partial charge in [0.1, 0.15) is 17.9 Å². The zero-order valence-electron chi connectivity index (χ0n) is 14.7. The molecule has 2 atom stereocenters. The van der Waals surface area contributed by atoms with E-state index in [4.69, 9.17) is 15.2 Å². The van der Waals surface area contributed by atoms with E-state index < -0.39 is 17.7 Å². The number of carbonyl (C=O) groups excluding carboxylic acids is 1. The quantitative estimate of drug-likeness (QED) is 0.784. The van der Waals surface area contributed by atoms with E-state index in [0.717, 1.165) is 24.2 Å². The van der Waals surface area contributed by atoms with E-state index in [2.05, 4.69) is 0 Å². The van der Waals surface area contributed by atoms with Gasteiger partial charge in [-0.3, -0.25) is 4.79 Å². The van der Waals surface area contributed by atoms with Gasteiger partial charge in [0.25, 0.3) is 0 Å². The third-order valence-corrected chi connectivity index (χ3v) is 4.50. The van der Waals surface area contributed by atoms with Crippen LogP contribution in [0.4, 0.5) is 0 Å². The van der Waals surface area contributed by atoms with Gasteiger partial charge in [0.15, 0.2) is 0 Å². The lowest BCUT2D eigenvalue weighted by Gasteiger charge is -2.35. The van der Waals surface area contributed by atoms with E-state index in [-0.39, 0.29) is 5.91 Å². The number of methoxy groups -OCH3 is 1. The third kappa shape index (κ3) is 4.47. The predicted molar refractivity (Wildman–Crippen MR) is 91.7 cm³/mol. The molecule has 1 unspecified atom stereocenters. The Morgan fingerprint density at radius 3 is 2.67 bits per heavy atom. The van der Waals surface area contributed by atoms with Crippen molar-refractivity contribution in [3.05, 3.63) is 29.8 Å². The maximum Gasteiger partial charge on any atom is 0.242 e. The Labute approximate surface area is 143 Å². The summed E-state index contributed by atoms with van der Waals surface area (Å²) in [5.74, 6) is 0.536. The molecule has 1 amide bonds. The molecule has 6 heteroatoms. The van der Waals surface area contributed by atoms with E-state index >= 15 is 0 Å². The van der Waals surface area contributed by atoms with Crippen LogP contribution in [0.1, 0.15) is 32.3 Å². The zero-order valence-corrected chi connectivity index (χ0v) is 14.7. The summed E-state index contributed by atoms with van der Waals surface area (Å²) in [5.41, 5.74) is 5.98. The minimum atomic E-state index is -1.09. The summed E-state index contributed by atoms with van der Waals surface area (Å²) in [6.07, 6.45) is 0.894. The molecular weight excluding hydrogens is 308 g/mol. The standard InChI is InChI=1S/C18H28N2O4/c1-18(2,24-12-13-7-6-8-14(11-13)23-3)16(21)15(19)17(22)20-9-4-5-10-20/h6-8,11,15-16,21H,4-5,9-10,12,19H2,1-3H3/t15-,16?/m0/s1.